The lowest BCUT2D eigenvalue weighted by Crippen LogP contribution is -1.84. The third-order valence-electron chi connectivity index (χ3n) is 1.74. The SMILES string of the molecule is C=C/C=C\C(=C)C(=C)CCC(=C)C. The van der Waals surface area contributed by atoms with Gasteiger partial charge in [-0.2, -0.15) is 0 Å². The van der Waals surface area contributed by atoms with Gasteiger partial charge in [0.2, 0.25) is 0 Å². The summed E-state index contributed by atoms with van der Waals surface area (Å²) in [6.45, 7) is 17.3. The summed E-state index contributed by atoms with van der Waals surface area (Å²) in [6, 6.07) is 0. The van der Waals surface area contributed by atoms with Crippen LogP contribution in [-0.2, 0) is 0 Å². The quantitative estimate of drug-likeness (QED) is 0.418. The van der Waals surface area contributed by atoms with Crippen molar-refractivity contribution in [3.8, 4) is 0 Å². The second-order valence-corrected chi connectivity index (χ2v) is 3.18. The van der Waals surface area contributed by atoms with Gasteiger partial charge in [0.05, 0.1) is 0 Å². The van der Waals surface area contributed by atoms with E-state index in [-0.39, 0.29) is 0 Å². The fraction of sp³-hybridized carbons (Fsp3) is 0.231. The maximum atomic E-state index is 3.95. The van der Waals surface area contributed by atoms with Gasteiger partial charge in [-0.15, -0.1) is 6.58 Å². The zero-order valence-corrected chi connectivity index (χ0v) is 8.47. The maximum Gasteiger partial charge on any atom is -0.0242 e. The van der Waals surface area contributed by atoms with E-state index in [0.29, 0.717) is 0 Å². The molecule has 0 aliphatic heterocycles. The van der Waals surface area contributed by atoms with Crippen molar-refractivity contribution in [1.82, 2.24) is 0 Å². The summed E-state index contributed by atoms with van der Waals surface area (Å²) in [6.07, 6.45) is 7.45. The maximum absolute atomic E-state index is 3.95. The summed E-state index contributed by atoms with van der Waals surface area (Å²) < 4.78 is 0. The van der Waals surface area contributed by atoms with E-state index in [1.165, 1.54) is 5.57 Å². The van der Waals surface area contributed by atoms with Gasteiger partial charge >= 0.3 is 0 Å². The van der Waals surface area contributed by atoms with Crippen molar-refractivity contribution in [3.05, 3.63) is 61.3 Å². The lowest BCUT2D eigenvalue weighted by Gasteiger charge is -2.04. The van der Waals surface area contributed by atoms with Crippen molar-refractivity contribution in [3.63, 3.8) is 0 Å². The Kier molecular flexibility index (Phi) is 5.62. The van der Waals surface area contributed by atoms with E-state index in [0.717, 1.165) is 24.0 Å². The molecule has 0 saturated heterocycles. The second kappa shape index (κ2) is 6.24. The molecule has 0 rings (SSSR count). The van der Waals surface area contributed by atoms with Gasteiger partial charge in [0, 0.05) is 0 Å². The second-order valence-electron chi connectivity index (χ2n) is 3.18. The van der Waals surface area contributed by atoms with Crippen LogP contribution in [0.5, 0.6) is 0 Å². The highest BCUT2D eigenvalue weighted by Crippen LogP contribution is 2.15. The predicted molar refractivity (Wildman–Crippen MR) is 61.7 cm³/mol. The summed E-state index contributed by atoms with van der Waals surface area (Å²) >= 11 is 0. The van der Waals surface area contributed by atoms with E-state index in [2.05, 4.69) is 26.3 Å². The minimum atomic E-state index is 0.940. The molecule has 0 heterocycles. The Hall–Kier alpha value is -1.30. The fourth-order valence-electron chi connectivity index (χ4n) is 0.827. The van der Waals surface area contributed by atoms with Crippen LogP contribution >= 0.6 is 0 Å². The van der Waals surface area contributed by atoms with Crippen molar-refractivity contribution in [2.75, 3.05) is 0 Å². The van der Waals surface area contributed by atoms with Crippen LogP contribution in [-0.4, -0.2) is 0 Å². The van der Waals surface area contributed by atoms with Crippen LogP contribution in [0.1, 0.15) is 19.8 Å². The highest BCUT2D eigenvalue weighted by Gasteiger charge is 1.96. The number of hydrogen-bond acceptors (Lipinski definition) is 0. The molecule has 0 saturated carbocycles. The fourth-order valence-corrected chi connectivity index (χ4v) is 0.827. The van der Waals surface area contributed by atoms with E-state index in [1.807, 2.05) is 19.1 Å². The van der Waals surface area contributed by atoms with Gasteiger partial charge in [-0.1, -0.05) is 43.5 Å². The Labute approximate surface area is 81.7 Å². The van der Waals surface area contributed by atoms with E-state index >= 15 is 0 Å². The molecule has 0 N–H and O–H groups in total. The minimum Gasteiger partial charge on any atom is -0.100 e. The van der Waals surface area contributed by atoms with Gasteiger partial charge in [-0.3, -0.25) is 0 Å². The Morgan fingerprint density at radius 1 is 1.15 bits per heavy atom. The molecule has 0 aromatic heterocycles. The molecule has 70 valence electrons. The van der Waals surface area contributed by atoms with E-state index in [9.17, 15) is 0 Å². The molecule has 0 aliphatic rings. The van der Waals surface area contributed by atoms with Crippen molar-refractivity contribution in [2.45, 2.75) is 19.8 Å². The number of hydrogen-bond donors (Lipinski definition) is 0. The summed E-state index contributed by atoms with van der Waals surface area (Å²) in [5.74, 6) is 0. The molecule has 0 fully saturated rings. The Morgan fingerprint density at radius 2 is 1.77 bits per heavy atom. The van der Waals surface area contributed by atoms with Gasteiger partial charge in [-0.05, 0) is 30.9 Å². The van der Waals surface area contributed by atoms with Crippen molar-refractivity contribution in [1.29, 1.82) is 0 Å². The number of allylic oxidation sites excluding steroid dienone is 6. The summed E-state index contributed by atoms with van der Waals surface area (Å²) in [5, 5.41) is 0. The summed E-state index contributed by atoms with van der Waals surface area (Å²) in [5.41, 5.74) is 3.23. The first-order valence-corrected chi connectivity index (χ1v) is 4.38. The van der Waals surface area contributed by atoms with Crippen LogP contribution in [0.25, 0.3) is 0 Å². The lowest BCUT2D eigenvalue weighted by atomic mass is 10.0. The molecular weight excluding hydrogens is 156 g/mol. The van der Waals surface area contributed by atoms with Crippen molar-refractivity contribution in [2.24, 2.45) is 0 Å². The topological polar surface area (TPSA) is 0 Å². The van der Waals surface area contributed by atoms with Crippen molar-refractivity contribution >= 4 is 0 Å². The molecule has 0 bridgehead atoms. The molecule has 0 spiro atoms. The molecule has 0 nitrogen and oxygen atoms in total. The normalized spacial score (nSPS) is 9.92. The predicted octanol–water partition coefficient (Wildman–Crippen LogP) is 4.20. The molecular formula is C13H18. The molecule has 0 aliphatic carbocycles. The van der Waals surface area contributed by atoms with Gasteiger partial charge in [0.1, 0.15) is 0 Å². The van der Waals surface area contributed by atoms with Crippen LogP contribution in [0.15, 0.2) is 61.3 Å². The van der Waals surface area contributed by atoms with E-state index in [4.69, 9.17) is 0 Å². The molecule has 0 unspecified atom stereocenters. The monoisotopic (exact) mass is 174 g/mol. The zero-order valence-electron chi connectivity index (χ0n) is 8.47. The minimum absolute atomic E-state index is 0.940. The zero-order chi connectivity index (χ0) is 10.3. The van der Waals surface area contributed by atoms with Gasteiger partial charge in [0.25, 0.3) is 0 Å². The Morgan fingerprint density at radius 3 is 2.23 bits per heavy atom. The molecule has 13 heavy (non-hydrogen) atoms. The van der Waals surface area contributed by atoms with Gasteiger partial charge in [-0.25, -0.2) is 0 Å². The largest absolute Gasteiger partial charge is 0.100 e. The first kappa shape index (κ1) is 11.7. The molecule has 0 atom stereocenters. The van der Waals surface area contributed by atoms with Crippen molar-refractivity contribution < 1.29 is 0 Å². The van der Waals surface area contributed by atoms with Gasteiger partial charge in [0.15, 0.2) is 0 Å². The number of rotatable bonds is 6. The first-order valence-electron chi connectivity index (χ1n) is 4.38. The molecule has 0 aromatic carbocycles. The standard InChI is InChI=1S/C13H18/c1-6-7-8-12(4)13(5)10-9-11(2)3/h6-8H,1-2,4-5,9-10H2,3H3/b8-7-. The Balaban J connectivity index is 3.97. The average molecular weight is 174 g/mol. The smallest absolute Gasteiger partial charge is 0.0242 e. The van der Waals surface area contributed by atoms with E-state index in [1.54, 1.807) is 6.08 Å². The third-order valence-corrected chi connectivity index (χ3v) is 1.74. The van der Waals surface area contributed by atoms with Crippen LogP contribution in [0, 0.1) is 0 Å². The Bertz CT molecular complexity index is 251. The van der Waals surface area contributed by atoms with Crippen LogP contribution in [0.2, 0.25) is 0 Å². The molecule has 0 radical (unpaired) electrons. The van der Waals surface area contributed by atoms with Crippen LogP contribution in [0.4, 0.5) is 0 Å². The first-order chi connectivity index (χ1) is 6.07. The highest BCUT2D eigenvalue weighted by atomic mass is 14.0. The lowest BCUT2D eigenvalue weighted by molar-refractivity contribution is 0.946. The summed E-state index contributed by atoms with van der Waals surface area (Å²) in [4.78, 5) is 0. The van der Waals surface area contributed by atoms with Gasteiger partial charge < -0.3 is 0 Å². The molecule has 0 aromatic rings. The third kappa shape index (κ3) is 5.92. The average Bonchev–Trinajstić information content (AvgIpc) is 2.10. The molecule has 0 amide bonds. The van der Waals surface area contributed by atoms with Crippen LogP contribution in [0.3, 0.4) is 0 Å². The highest BCUT2D eigenvalue weighted by molar-refractivity contribution is 5.36. The molecule has 0 heteroatoms. The van der Waals surface area contributed by atoms with Crippen LogP contribution < -0.4 is 0 Å². The van der Waals surface area contributed by atoms with E-state index < -0.39 is 0 Å². The summed E-state index contributed by atoms with van der Waals surface area (Å²) in [7, 11) is 0.